The molecule has 1 amide bonds. The monoisotopic (exact) mass is 454 g/mol. The van der Waals surface area contributed by atoms with Crippen LogP contribution in [0.4, 0.5) is 4.39 Å². The van der Waals surface area contributed by atoms with Crippen molar-refractivity contribution in [2.24, 2.45) is 11.1 Å². The van der Waals surface area contributed by atoms with Crippen LogP contribution < -0.4 is 5.73 Å². The Labute approximate surface area is 191 Å². The standard InChI is InChI=1S/C24H27FN4O4/c1-4-19(25)10-11-20(26)24(23(31)32-5-2)12-14-29(15-13-24)22(30)18-8-6-17(7-9-18)21-27-16(3)33-28-21/h4,6-11H,1,5,12-15,26H2,2-3H3/b19-10+,20-11-. The van der Waals surface area contributed by atoms with Gasteiger partial charge >= 0.3 is 5.97 Å². The topological polar surface area (TPSA) is 112 Å². The lowest BCUT2D eigenvalue weighted by Gasteiger charge is -2.40. The summed E-state index contributed by atoms with van der Waals surface area (Å²) in [7, 11) is 0. The number of aromatic nitrogens is 2. The number of likely N-dealkylation sites (tertiary alicyclic amines) is 1. The van der Waals surface area contributed by atoms with Gasteiger partial charge in [-0.3, -0.25) is 9.59 Å². The molecule has 2 heterocycles. The molecular formula is C24H27FN4O4. The zero-order valence-corrected chi connectivity index (χ0v) is 18.7. The third-order valence-corrected chi connectivity index (χ3v) is 5.66. The highest BCUT2D eigenvalue weighted by Crippen LogP contribution is 2.38. The highest BCUT2D eigenvalue weighted by atomic mass is 19.1. The second kappa shape index (κ2) is 10.2. The number of ether oxygens (including phenoxy) is 1. The van der Waals surface area contributed by atoms with Gasteiger partial charge in [0.15, 0.2) is 0 Å². The first kappa shape index (κ1) is 23.9. The number of allylic oxidation sites excluding steroid dienone is 4. The largest absolute Gasteiger partial charge is 0.465 e. The van der Waals surface area contributed by atoms with Crippen LogP contribution >= 0.6 is 0 Å². The summed E-state index contributed by atoms with van der Waals surface area (Å²) in [4.78, 5) is 31.7. The van der Waals surface area contributed by atoms with Gasteiger partial charge in [0.05, 0.1) is 6.61 Å². The number of hydrogen-bond donors (Lipinski definition) is 1. The molecule has 3 rings (SSSR count). The summed E-state index contributed by atoms with van der Waals surface area (Å²) in [6.45, 7) is 7.56. The summed E-state index contributed by atoms with van der Waals surface area (Å²) in [5.74, 6) is -0.294. The van der Waals surface area contributed by atoms with E-state index in [0.29, 0.717) is 30.4 Å². The smallest absolute Gasteiger partial charge is 0.318 e. The van der Waals surface area contributed by atoms with E-state index in [1.54, 1.807) is 43.0 Å². The number of nitrogens with zero attached hydrogens (tertiary/aromatic N) is 3. The van der Waals surface area contributed by atoms with Gasteiger partial charge in [0.2, 0.25) is 11.7 Å². The van der Waals surface area contributed by atoms with Crippen molar-refractivity contribution in [3.63, 3.8) is 0 Å². The number of carbonyl (C=O) groups is 2. The lowest BCUT2D eigenvalue weighted by atomic mass is 9.75. The predicted octanol–water partition coefficient (Wildman–Crippen LogP) is 3.71. The SMILES string of the molecule is C=C/C(F)=C\C=C(/N)C1(C(=O)OCC)CCN(C(=O)c2ccc(-c3noc(C)n3)cc2)CC1. The van der Waals surface area contributed by atoms with Crippen LogP contribution in [-0.4, -0.2) is 46.6 Å². The number of halogens is 1. The van der Waals surface area contributed by atoms with Gasteiger partial charge in [-0.15, -0.1) is 0 Å². The highest BCUT2D eigenvalue weighted by Gasteiger charge is 2.45. The molecule has 1 fully saturated rings. The predicted molar refractivity (Wildman–Crippen MR) is 120 cm³/mol. The molecule has 0 bridgehead atoms. The fourth-order valence-electron chi connectivity index (χ4n) is 3.73. The normalized spacial score (nSPS) is 16.4. The van der Waals surface area contributed by atoms with Crippen LogP contribution in [0.25, 0.3) is 11.4 Å². The number of carbonyl (C=O) groups excluding carboxylic acids is 2. The lowest BCUT2D eigenvalue weighted by Crippen LogP contribution is -2.49. The van der Waals surface area contributed by atoms with Crippen molar-refractivity contribution in [3.8, 4) is 11.4 Å². The quantitative estimate of drug-likeness (QED) is 0.501. The Kier molecular flexibility index (Phi) is 7.42. The Bertz CT molecular complexity index is 1080. The van der Waals surface area contributed by atoms with Gasteiger partial charge in [0.25, 0.3) is 5.91 Å². The molecule has 0 atom stereocenters. The molecule has 0 aliphatic carbocycles. The highest BCUT2D eigenvalue weighted by molar-refractivity contribution is 5.95. The van der Waals surface area contributed by atoms with E-state index in [1.807, 2.05) is 0 Å². The number of rotatable bonds is 7. The van der Waals surface area contributed by atoms with E-state index in [-0.39, 0.29) is 31.1 Å². The summed E-state index contributed by atoms with van der Waals surface area (Å²) in [6.07, 6.45) is 4.11. The van der Waals surface area contributed by atoms with Gasteiger partial charge in [0, 0.05) is 36.8 Å². The fraction of sp³-hybridized carbons (Fsp3) is 0.333. The van der Waals surface area contributed by atoms with Crippen molar-refractivity contribution in [1.82, 2.24) is 15.0 Å². The van der Waals surface area contributed by atoms with Crippen molar-refractivity contribution in [1.29, 1.82) is 0 Å². The molecule has 1 aromatic heterocycles. The van der Waals surface area contributed by atoms with E-state index in [4.69, 9.17) is 15.0 Å². The van der Waals surface area contributed by atoms with Crippen molar-refractivity contribution in [2.75, 3.05) is 19.7 Å². The number of amides is 1. The Morgan fingerprint density at radius 2 is 1.94 bits per heavy atom. The maximum absolute atomic E-state index is 13.5. The molecule has 1 aliphatic rings. The summed E-state index contributed by atoms with van der Waals surface area (Å²) in [5, 5.41) is 3.87. The van der Waals surface area contributed by atoms with E-state index >= 15 is 0 Å². The first-order valence-electron chi connectivity index (χ1n) is 10.6. The van der Waals surface area contributed by atoms with Gasteiger partial charge in [-0.2, -0.15) is 4.98 Å². The first-order valence-corrected chi connectivity index (χ1v) is 10.6. The van der Waals surface area contributed by atoms with E-state index in [9.17, 15) is 14.0 Å². The van der Waals surface area contributed by atoms with Crippen LogP contribution in [0.1, 0.15) is 36.0 Å². The Morgan fingerprint density at radius 1 is 1.27 bits per heavy atom. The maximum Gasteiger partial charge on any atom is 0.318 e. The average molecular weight is 455 g/mol. The minimum atomic E-state index is -1.12. The first-order chi connectivity index (χ1) is 15.8. The summed E-state index contributed by atoms with van der Waals surface area (Å²) in [6, 6.07) is 6.92. The molecule has 0 spiro atoms. The molecule has 1 aromatic carbocycles. The summed E-state index contributed by atoms with van der Waals surface area (Å²) >= 11 is 0. The van der Waals surface area contributed by atoms with E-state index < -0.39 is 17.2 Å². The number of esters is 1. The van der Waals surface area contributed by atoms with Crippen LogP contribution in [0.2, 0.25) is 0 Å². The molecule has 2 aromatic rings. The van der Waals surface area contributed by atoms with Gasteiger partial charge in [-0.05, 0) is 50.1 Å². The molecule has 1 aliphatic heterocycles. The number of nitrogens with two attached hydrogens (primary N) is 1. The summed E-state index contributed by atoms with van der Waals surface area (Å²) in [5.41, 5.74) is 6.53. The molecule has 33 heavy (non-hydrogen) atoms. The number of benzene rings is 1. The van der Waals surface area contributed by atoms with E-state index in [1.165, 1.54) is 6.08 Å². The van der Waals surface area contributed by atoms with E-state index in [2.05, 4.69) is 16.7 Å². The van der Waals surface area contributed by atoms with Crippen LogP contribution in [0.5, 0.6) is 0 Å². The van der Waals surface area contributed by atoms with Crippen LogP contribution in [-0.2, 0) is 9.53 Å². The average Bonchev–Trinajstić information content (AvgIpc) is 3.28. The molecule has 0 radical (unpaired) electrons. The Morgan fingerprint density at radius 3 is 2.48 bits per heavy atom. The second-order valence-corrected chi connectivity index (χ2v) is 7.69. The molecule has 2 N–H and O–H groups in total. The van der Waals surface area contributed by atoms with Gasteiger partial charge in [0.1, 0.15) is 11.2 Å². The number of aryl methyl sites for hydroxylation is 1. The minimum absolute atomic E-state index is 0.163. The van der Waals surface area contributed by atoms with Crippen LogP contribution in [0.3, 0.4) is 0 Å². The third kappa shape index (κ3) is 5.19. The zero-order chi connectivity index (χ0) is 24.0. The molecule has 8 nitrogen and oxygen atoms in total. The molecule has 0 saturated carbocycles. The fourth-order valence-corrected chi connectivity index (χ4v) is 3.73. The van der Waals surface area contributed by atoms with Crippen molar-refractivity contribution in [2.45, 2.75) is 26.7 Å². The third-order valence-electron chi connectivity index (χ3n) is 5.66. The molecule has 1 saturated heterocycles. The number of hydrogen-bond acceptors (Lipinski definition) is 7. The molecule has 174 valence electrons. The zero-order valence-electron chi connectivity index (χ0n) is 18.7. The van der Waals surface area contributed by atoms with Gasteiger partial charge < -0.3 is 19.9 Å². The second-order valence-electron chi connectivity index (χ2n) is 7.69. The Balaban J connectivity index is 1.75. The maximum atomic E-state index is 13.5. The van der Waals surface area contributed by atoms with Crippen LogP contribution in [0, 0.1) is 12.3 Å². The number of piperidine rings is 1. The molecule has 9 heteroatoms. The van der Waals surface area contributed by atoms with Gasteiger partial charge in [-0.1, -0.05) is 23.9 Å². The van der Waals surface area contributed by atoms with Crippen molar-refractivity contribution < 1.29 is 23.2 Å². The van der Waals surface area contributed by atoms with Crippen LogP contribution in [0.15, 0.2) is 65.1 Å². The van der Waals surface area contributed by atoms with Gasteiger partial charge in [-0.25, -0.2) is 4.39 Å². The minimum Gasteiger partial charge on any atom is -0.465 e. The van der Waals surface area contributed by atoms with E-state index in [0.717, 1.165) is 17.7 Å². The van der Waals surface area contributed by atoms with Crippen molar-refractivity contribution in [3.05, 3.63) is 72.1 Å². The molecular weight excluding hydrogens is 427 g/mol. The van der Waals surface area contributed by atoms with Crippen molar-refractivity contribution >= 4 is 11.9 Å². The molecule has 0 unspecified atom stereocenters. The lowest BCUT2D eigenvalue weighted by molar-refractivity contribution is -0.155. The summed E-state index contributed by atoms with van der Waals surface area (Å²) < 4.78 is 23.7. The Hall–Kier alpha value is -3.75.